The summed E-state index contributed by atoms with van der Waals surface area (Å²) in [4.78, 5) is 12.4. The van der Waals surface area contributed by atoms with E-state index in [2.05, 4.69) is 31.4 Å². The van der Waals surface area contributed by atoms with E-state index in [-0.39, 0.29) is 0 Å². The van der Waals surface area contributed by atoms with Gasteiger partial charge in [-0.1, -0.05) is 19.1 Å². The van der Waals surface area contributed by atoms with Crippen LogP contribution in [-0.4, -0.2) is 12.5 Å². The van der Waals surface area contributed by atoms with Crippen molar-refractivity contribution in [1.29, 1.82) is 0 Å². The molecule has 0 spiro atoms. The number of hydrogen-bond acceptors (Lipinski definition) is 4. The van der Waals surface area contributed by atoms with Crippen molar-refractivity contribution in [3.63, 3.8) is 0 Å². The van der Waals surface area contributed by atoms with Gasteiger partial charge in [-0.3, -0.25) is 0 Å². The molecule has 1 rings (SSSR count). The van der Waals surface area contributed by atoms with Crippen molar-refractivity contribution in [2.75, 3.05) is 6.54 Å². The van der Waals surface area contributed by atoms with Gasteiger partial charge in [0.1, 0.15) is 5.75 Å². The van der Waals surface area contributed by atoms with E-state index in [0.29, 0.717) is 17.2 Å². The van der Waals surface area contributed by atoms with E-state index in [0.717, 1.165) is 17.7 Å². The fourth-order valence-electron chi connectivity index (χ4n) is 1.47. The summed E-state index contributed by atoms with van der Waals surface area (Å²) in [7, 11) is 0. The second-order valence-electron chi connectivity index (χ2n) is 4.07. The quantitative estimate of drug-likeness (QED) is 0.276. The number of aryl methyl sites for hydroxylation is 1. The maximum atomic E-state index is 11.7. The third-order valence-electron chi connectivity index (χ3n) is 2.50. The van der Waals surface area contributed by atoms with E-state index in [1.807, 2.05) is 12.1 Å². The average molecular weight is 277 g/mol. The van der Waals surface area contributed by atoms with Crippen LogP contribution in [0.5, 0.6) is 5.75 Å². The second-order valence-corrected chi connectivity index (χ2v) is 4.56. The maximum absolute atomic E-state index is 11.7. The number of esters is 1. The van der Waals surface area contributed by atoms with Crippen molar-refractivity contribution in [2.24, 2.45) is 0 Å². The van der Waals surface area contributed by atoms with Gasteiger partial charge in [0.2, 0.25) is 0 Å². The van der Waals surface area contributed by atoms with Crippen LogP contribution in [0.15, 0.2) is 47.5 Å². The smallest absolute Gasteiger partial charge is 0.337 e. The summed E-state index contributed by atoms with van der Waals surface area (Å²) in [6.07, 6.45) is 4.05. The predicted octanol–water partition coefficient (Wildman–Crippen LogP) is 3.12. The molecule has 0 aliphatic heterocycles. The molecule has 1 aromatic carbocycles. The highest BCUT2D eigenvalue weighted by Crippen LogP contribution is 2.24. The number of carbonyl (C=O) groups excluding carboxylic acids is 1. The molecule has 1 aromatic rings. The minimum absolute atomic E-state index is 0.423. The Morgan fingerprint density at radius 2 is 2.26 bits per heavy atom. The summed E-state index contributed by atoms with van der Waals surface area (Å²) in [6.45, 7) is 8.06. The second kappa shape index (κ2) is 7.69. The molecule has 0 unspecified atom stereocenters. The van der Waals surface area contributed by atoms with Crippen molar-refractivity contribution in [3.05, 3.63) is 48.2 Å². The van der Waals surface area contributed by atoms with Crippen molar-refractivity contribution >= 4 is 18.6 Å². The zero-order chi connectivity index (χ0) is 14.3. The highest BCUT2D eigenvalue weighted by Gasteiger charge is 2.06. The molecule has 0 atom stereocenters. The van der Waals surface area contributed by atoms with Gasteiger partial charge in [-0.05, 0) is 31.0 Å². The first-order valence-electron chi connectivity index (χ1n) is 6.13. The minimum atomic E-state index is -0.423. The normalized spacial score (nSPS) is 11.0. The van der Waals surface area contributed by atoms with Gasteiger partial charge in [0, 0.05) is 23.2 Å². The van der Waals surface area contributed by atoms with Gasteiger partial charge in [0.05, 0.1) is 0 Å². The first-order chi connectivity index (χ1) is 9.06. The van der Waals surface area contributed by atoms with Crippen molar-refractivity contribution < 1.29 is 9.53 Å². The predicted molar refractivity (Wildman–Crippen MR) is 80.7 cm³/mol. The van der Waals surface area contributed by atoms with Gasteiger partial charge in [0.25, 0.3) is 0 Å². The summed E-state index contributed by atoms with van der Waals surface area (Å²) in [6, 6.07) is 5.59. The van der Waals surface area contributed by atoms with Gasteiger partial charge in [-0.2, -0.15) is 0 Å². The Morgan fingerprint density at radius 3 is 2.84 bits per heavy atom. The largest absolute Gasteiger partial charge is 0.422 e. The van der Waals surface area contributed by atoms with E-state index in [1.54, 1.807) is 19.1 Å². The number of rotatable bonds is 6. The third kappa shape index (κ3) is 5.22. The van der Waals surface area contributed by atoms with Crippen LogP contribution >= 0.6 is 12.6 Å². The molecule has 0 aromatic heterocycles. The van der Waals surface area contributed by atoms with Gasteiger partial charge in [-0.25, -0.2) is 4.79 Å². The lowest BCUT2D eigenvalue weighted by Gasteiger charge is -2.07. The number of benzene rings is 1. The molecule has 102 valence electrons. The van der Waals surface area contributed by atoms with Crippen LogP contribution in [0, 0.1) is 0 Å². The van der Waals surface area contributed by atoms with Crippen LogP contribution in [0.4, 0.5) is 0 Å². The van der Waals surface area contributed by atoms with Gasteiger partial charge >= 0.3 is 5.97 Å². The monoisotopic (exact) mass is 277 g/mol. The molecule has 0 saturated heterocycles. The summed E-state index contributed by atoms with van der Waals surface area (Å²) >= 11 is 4.32. The molecular formula is C15H19NO2S. The molecule has 0 heterocycles. The van der Waals surface area contributed by atoms with Crippen molar-refractivity contribution in [3.8, 4) is 5.75 Å². The zero-order valence-corrected chi connectivity index (χ0v) is 12.2. The van der Waals surface area contributed by atoms with E-state index in [1.165, 1.54) is 6.08 Å². The first kappa shape index (κ1) is 15.4. The molecule has 0 aliphatic rings. The van der Waals surface area contributed by atoms with E-state index in [9.17, 15) is 4.79 Å². The number of ether oxygens (including phenoxy) is 1. The fraction of sp³-hybridized carbons (Fsp3) is 0.267. The molecule has 0 radical (unpaired) electrons. The van der Waals surface area contributed by atoms with Crippen molar-refractivity contribution in [2.45, 2.75) is 25.2 Å². The van der Waals surface area contributed by atoms with E-state index in [4.69, 9.17) is 4.74 Å². The lowest BCUT2D eigenvalue weighted by Crippen LogP contribution is -2.14. The van der Waals surface area contributed by atoms with Crippen LogP contribution in [0.2, 0.25) is 0 Å². The van der Waals surface area contributed by atoms with Gasteiger partial charge in [-0.15, -0.1) is 19.2 Å². The fourth-order valence-corrected chi connectivity index (χ4v) is 1.75. The molecular weight excluding hydrogens is 258 g/mol. The third-order valence-corrected chi connectivity index (χ3v) is 2.85. The Hall–Kier alpha value is -1.68. The molecule has 0 bridgehead atoms. The van der Waals surface area contributed by atoms with Crippen LogP contribution in [0.1, 0.15) is 19.4 Å². The van der Waals surface area contributed by atoms with E-state index < -0.39 is 5.97 Å². The SMILES string of the molecule is C=CCNC(C)=CC(=O)Oc1ccc(CC)cc1S. The summed E-state index contributed by atoms with van der Waals surface area (Å²) in [5, 5.41) is 3.00. The Balaban J connectivity index is 2.69. The number of thiol groups is 1. The Kier molecular flexibility index (Phi) is 6.22. The molecule has 0 aliphatic carbocycles. The molecule has 19 heavy (non-hydrogen) atoms. The first-order valence-corrected chi connectivity index (χ1v) is 6.58. The summed E-state index contributed by atoms with van der Waals surface area (Å²) in [5.41, 5.74) is 1.89. The minimum Gasteiger partial charge on any atom is -0.422 e. The number of carbonyl (C=O) groups is 1. The molecule has 0 fully saturated rings. The highest BCUT2D eigenvalue weighted by atomic mass is 32.1. The molecule has 3 nitrogen and oxygen atoms in total. The van der Waals surface area contributed by atoms with Crippen LogP contribution in [0.3, 0.4) is 0 Å². The molecule has 1 N–H and O–H groups in total. The average Bonchev–Trinajstić information content (AvgIpc) is 2.38. The lowest BCUT2D eigenvalue weighted by atomic mass is 10.2. The van der Waals surface area contributed by atoms with Crippen LogP contribution in [0.25, 0.3) is 0 Å². The molecule has 0 saturated carbocycles. The van der Waals surface area contributed by atoms with Gasteiger partial charge < -0.3 is 10.1 Å². The number of nitrogens with one attached hydrogen (secondary N) is 1. The number of hydrogen-bond donors (Lipinski definition) is 2. The lowest BCUT2D eigenvalue weighted by molar-refractivity contribution is -0.129. The van der Waals surface area contributed by atoms with Crippen molar-refractivity contribution in [1.82, 2.24) is 5.32 Å². The molecule has 4 heteroatoms. The Bertz CT molecular complexity index is 495. The molecule has 0 amide bonds. The Labute approximate surface area is 119 Å². The number of allylic oxidation sites excluding steroid dienone is 1. The van der Waals surface area contributed by atoms with Crippen LogP contribution < -0.4 is 10.1 Å². The standard InChI is InChI=1S/C15H19NO2S/c1-4-8-16-11(3)9-15(17)18-13-7-6-12(5-2)10-14(13)19/h4,6-7,9-10,16,19H,1,5,8H2,2-3H3. The Morgan fingerprint density at radius 1 is 1.53 bits per heavy atom. The maximum Gasteiger partial charge on any atom is 0.337 e. The summed E-state index contributed by atoms with van der Waals surface area (Å²) < 4.78 is 5.24. The van der Waals surface area contributed by atoms with E-state index >= 15 is 0 Å². The topological polar surface area (TPSA) is 38.3 Å². The van der Waals surface area contributed by atoms with Crippen LogP contribution in [-0.2, 0) is 11.2 Å². The highest BCUT2D eigenvalue weighted by molar-refractivity contribution is 7.80. The summed E-state index contributed by atoms with van der Waals surface area (Å²) in [5.74, 6) is 0.0481. The zero-order valence-electron chi connectivity index (χ0n) is 11.3. The van der Waals surface area contributed by atoms with Gasteiger partial charge in [0.15, 0.2) is 0 Å².